The number of nitrogens with one attached hydrogen (secondary N) is 1. The average molecular weight is 270 g/mol. The Morgan fingerprint density at radius 1 is 1.53 bits per heavy atom. The van der Waals surface area contributed by atoms with Gasteiger partial charge in [0.25, 0.3) is 0 Å². The van der Waals surface area contributed by atoms with Gasteiger partial charge in [0.15, 0.2) is 0 Å². The van der Waals surface area contributed by atoms with Gasteiger partial charge in [-0.15, -0.1) is 11.3 Å². The van der Waals surface area contributed by atoms with Crippen molar-refractivity contribution < 1.29 is 4.74 Å². The van der Waals surface area contributed by atoms with Gasteiger partial charge in [0, 0.05) is 11.4 Å². The van der Waals surface area contributed by atoms with Gasteiger partial charge >= 0.3 is 0 Å². The molecule has 0 aromatic carbocycles. The SMILES string of the molecule is CCNc1ncc(Cl)c(OCc2cccs2)n1. The Hall–Kier alpha value is -1.33. The zero-order valence-corrected chi connectivity index (χ0v) is 10.9. The number of rotatable bonds is 5. The van der Waals surface area contributed by atoms with Gasteiger partial charge in [0.1, 0.15) is 11.6 Å². The quantitative estimate of drug-likeness (QED) is 0.905. The van der Waals surface area contributed by atoms with E-state index in [2.05, 4.69) is 15.3 Å². The third-order valence-electron chi connectivity index (χ3n) is 1.98. The van der Waals surface area contributed by atoms with Crippen molar-refractivity contribution in [1.29, 1.82) is 0 Å². The van der Waals surface area contributed by atoms with E-state index in [4.69, 9.17) is 16.3 Å². The zero-order chi connectivity index (χ0) is 12.1. The van der Waals surface area contributed by atoms with E-state index in [0.29, 0.717) is 23.5 Å². The number of nitrogens with zero attached hydrogens (tertiary/aromatic N) is 2. The summed E-state index contributed by atoms with van der Waals surface area (Å²) in [6.45, 7) is 3.20. The highest BCUT2D eigenvalue weighted by atomic mass is 35.5. The topological polar surface area (TPSA) is 47.0 Å². The first-order valence-corrected chi connectivity index (χ1v) is 6.47. The lowest BCUT2D eigenvalue weighted by Crippen LogP contribution is -2.04. The van der Waals surface area contributed by atoms with Crippen molar-refractivity contribution in [2.24, 2.45) is 0 Å². The second-order valence-corrected chi connectivity index (χ2v) is 4.68. The van der Waals surface area contributed by atoms with E-state index >= 15 is 0 Å². The molecule has 2 aromatic rings. The Morgan fingerprint density at radius 3 is 3.12 bits per heavy atom. The minimum Gasteiger partial charge on any atom is -0.471 e. The molecule has 0 aliphatic carbocycles. The lowest BCUT2D eigenvalue weighted by molar-refractivity contribution is 0.297. The van der Waals surface area contributed by atoms with Crippen LogP contribution in [0.1, 0.15) is 11.8 Å². The van der Waals surface area contributed by atoms with Gasteiger partial charge in [-0.05, 0) is 18.4 Å². The molecule has 0 saturated carbocycles. The van der Waals surface area contributed by atoms with E-state index in [0.717, 1.165) is 11.4 Å². The van der Waals surface area contributed by atoms with E-state index < -0.39 is 0 Å². The molecule has 0 spiro atoms. The number of halogens is 1. The second-order valence-electron chi connectivity index (χ2n) is 3.25. The van der Waals surface area contributed by atoms with Crippen LogP contribution in [0.2, 0.25) is 5.02 Å². The van der Waals surface area contributed by atoms with Gasteiger partial charge in [-0.1, -0.05) is 17.7 Å². The van der Waals surface area contributed by atoms with Crippen LogP contribution in [-0.4, -0.2) is 16.5 Å². The lowest BCUT2D eigenvalue weighted by Gasteiger charge is -2.07. The Kier molecular flexibility index (Phi) is 4.17. The van der Waals surface area contributed by atoms with Crippen molar-refractivity contribution in [1.82, 2.24) is 9.97 Å². The lowest BCUT2D eigenvalue weighted by atomic mass is 10.5. The molecular weight excluding hydrogens is 258 g/mol. The molecule has 1 N–H and O–H groups in total. The monoisotopic (exact) mass is 269 g/mol. The summed E-state index contributed by atoms with van der Waals surface area (Å²) >= 11 is 7.60. The van der Waals surface area contributed by atoms with E-state index in [1.54, 1.807) is 11.3 Å². The summed E-state index contributed by atoms with van der Waals surface area (Å²) in [5.74, 6) is 0.934. The zero-order valence-electron chi connectivity index (χ0n) is 9.31. The molecule has 0 aliphatic rings. The molecule has 0 bridgehead atoms. The number of hydrogen-bond donors (Lipinski definition) is 1. The molecule has 4 nitrogen and oxygen atoms in total. The predicted octanol–water partition coefficient (Wildman–Crippen LogP) is 3.20. The van der Waals surface area contributed by atoms with Crippen LogP contribution in [0, 0.1) is 0 Å². The maximum Gasteiger partial charge on any atom is 0.237 e. The molecule has 0 aliphatic heterocycles. The van der Waals surface area contributed by atoms with Crippen LogP contribution in [0.5, 0.6) is 5.88 Å². The van der Waals surface area contributed by atoms with E-state index in [1.807, 2.05) is 24.4 Å². The van der Waals surface area contributed by atoms with Crippen molar-refractivity contribution in [3.05, 3.63) is 33.6 Å². The van der Waals surface area contributed by atoms with Crippen molar-refractivity contribution >= 4 is 28.9 Å². The molecule has 0 amide bonds. The summed E-state index contributed by atoms with van der Waals surface area (Å²) in [6, 6.07) is 3.99. The molecule has 6 heteroatoms. The molecule has 0 radical (unpaired) electrons. The van der Waals surface area contributed by atoms with Gasteiger partial charge in [-0.25, -0.2) is 4.98 Å². The molecule has 0 fully saturated rings. The largest absolute Gasteiger partial charge is 0.471 e. The summed E-state index contributed by atoms with van der Waals surface area (Å²) in [5.41, 5.74) is 0. The number of aromatic nitrogens is 2. The second kappa shape index (κ2) is 5.84. The van der Waals surface area contributed by atoms with Crippen molar-refractivity contribution in [2.45, 2.75) is 13.5 Å². The minimum absolute atomic E-state index is 0.408. The highest BCUT2D eigenvalue weighted by Gasteiger charge is 2.06. The Bertz CT molecular complexity index is 476. The standard InChI is InChI=1S/C11H12ClN3OS/c1-2-13-11-14-6-9(12)10(15-11)16-7-8-4-3-5-17-8/h3-6H,2,7H2,1H3,(H,13,14,15). The fourth-order valence-electron chi connectivity index (χ4n) is 1.23. The Labute approximate surface area is 109 Å². The summed E-state index contributed by atoms with van der Waals surface area (Å²) in [5, 5.41) is 5.43. The summed E-state index contributed by atoms with van der Waals surface area (Å²) in [6.07, 6.45) is 1.54. The molecule has 17 heavy (non-hydrogen) atoms. The van der Waals surface area contributed by atoms with Gasteiger partial charge in [-0.3, -0.25) is 0 Å². The first-order valence-electron chi connectivity index (χ1n) is 5.21. The molecule has 2 rings (SSSR count). The number of hydrogen-bond acceptors (Lipinski definition) is 5. The van der Waals surface area contributed by atoms with Crippen LogP contribution in [0.4, 0.5) is 5.95 Å². The molecule has 2 aromatic heterocycles. The van der Waals surface area contributed by atoms with Crippen molar-refractivity contribution in [2.75, 3.05) is 11.9 Å². The van der Waals surface area contributed by atoms with Gasteiger partial charge < -0.3 is 10.1 Å². The molecule has 0 unspecified atom stereocenters. The highest BCUT2D eigenvalue weighted by molar-refractivity contribution is 7.09. The average Bonchev–Trinajstić information content (AvgIpc) is 2.83. The van der Waals surface area contributed by atoms with Crippen molar-refractivity contribution in [3.8, 4) is 5.88 Å². The number of thiophene rings is 1. The van der Waals surface area contributed by atoms with Gasteiger partial charge in [0.2, 0.25) is 11.8 Å². The fraction of sp³-hybridized carbons (Fsp3) is 0.273. The van der Waals surface area contributed by atoms with Gasteiger partial charge in [-0.2, -0.15) is 4.98 Å². The third-order valence-corrected chi connectivity index (χ3v) is 3.09. The summed E-state index contributed by atoms with van der Waals surface area (Å²) < 4.78 is 5.56. The first-order chi connectivity index (χ1) is 8.29. The van der Waals surface area contributed by atoms with E-state index in [9.17, 15) is 0 Å². The van der Waals surface area contributed by atoms with Crippen LogP contribution in [0.25, 0.3) is 0 Å². The van der Waals surface area contributed by atoms with Crippen LogP contribution in [-0.2, 0) is 6.61 Å². The third kappa shape index (κ3) is 3.31. The van der Waals surface area contributed by atoms with Crippen LogP contribution < -0.4 is 10.1 Å². The van der Waals surface area contributed by atoms with Crippen molar-refractivity contribution in [3.63, 3.8) is 0 Å². The van der Waals surface area contributed by atoms with E-state index in [1.165, 1.54) is 6.20 Å². The highest BCUT2D eigenvalue weighted by Crippen LogP contribution is 2.23. The fourth-order valence-corrected chi connectivity index (χ4v) is 1.99. The Morgan fingerprint density at radius 2 is 2.41 bits per heavy atom. The maximum absolute atomic E-state index is 5.96. The molecule has 90 valence electrons. The number of anilines is 1. The predicted molar refractivity (Wildman–Crippen MR) is 69.9 cm³/mol. The minimum atomic E-state index is 0.408. The summed E-state index contributed by atoms with van der Waals surface area (Å²) in [4.78, 5) is 9.36. The normalized spacial score (nSPS) is 10.2. The molecule has 0 saturated heterocycles. The smallest absolute Gasteiger partial charge is 0.237 e. The first kappa shape index (κ1) is 12.1. The van der Waals surface area contributed by atoms with Gasteiger partial charge in [0.05, 0.1) is 6.20 Å². The van der Waals surface area contributed by atoms with Crippen LogP contribution in [0.3, 0.4) is 0 Å². The maximum atomic E-state index is 5.96. The van der Waals surface area contributed by atoms with Crippen LogP contribution in [0.15, 0.2) is 23.7 Å². The molecule has 2 heterocycles. The molecular formula is C11H12ClN3OS. The van der Waals surface area contributed by atoms with E-state index in [-0.39, 0.29) is 0 Å². The Balaban J connectivity index is 2.06. The summed E-state index contributed by atoms with van der Waals surface area (Å²) in [7, 11) is 0. The number of ether oxygens (including phenoxy) is 1. The molecule has 0 atom stereocenters. The van der Waals surface area contributed by atoms with Crippen LogP contribution >= 0.6 is 22.9 Å².